The van der Waals surface area contributed by atoms with Crippen molar-refractivity contribution < 1.29 is 13.2 Å². The van der Waals surface area contributed by atoms with E-state index in [2.05, 4.69) is 19.6 Å². The first-order chi connectivity index (χ1) is 13.2. The van der Waals surface area contributed by atoms with E-state index >= 15 is 0 Å². The molecule has 2 aromatic carbocycles. The van der Waals surface area contributed by atoms with E-state index in [1.165, 1.54) is 6.07 Å². The molecule has 0 atom stereocenters. The maximum Gasteiger partial charge on any atom is 0.416 e. The zero-order valence-corrected chi connectivity index (χ0v) is 19.7. The second-order valence-electron chi connectivity index (χ2n) is 9.53. The average molecular weight is 433 g/mol. The monoisotopic (exact) mass is 432 g/mol. The summed E-state index contributed by atoms with van der Waals surface area (Å²) in [5.41, 5.74) is 8.59. The number of halogens is 3. The number of rotatable bonds is 3. The van der Waals surface area contributed by atoms with Gasteiger partial charge in [0, 0.05) is 16.6 Å². The van der Waals surface area contributed by atoms with Gasteiger partial charge in [-0.1, -0.05) is 69.6 Å². The first kappa shape index (κ1) is 21.6. The zero-order valence-electron chi connectivity index (χ0n) is 17.7. The first-order valence-electron chi connectivity index (χ1n) is 9.62. The summed E-state index contributed by atoms with van der Waals surface area (Å²) in [5, 5.41) is 2.43. The molecule has 154 valence electrons. The zero-order chi connectivity index (χ0) is 21.8. The highest BCUT2D eigenvalue weighted by molar-refractivity contribution is 6.92. The summed E-state index contributed by atoms with van der Waals surface area (Å²) < 4.78 is 40.9. The van der Waals surface area contributed by atoms with Gasteiger partial charge in [0.25, 0.3) is 0 Å². The third-order valence-electron chi connectivity index (χ3n) is 5.06. The highest BCUT2D eigenvalue weighted by atomic mass is 28.3. The van der Waals surface area contributed by atoms with Crippen molar-refractivity contribution in [2.24, 2.45) is 0 Å². The van der Waals surface area contributed by atoms with Crippen LogP contribution in [0.2, 0.25) is 39.3 Å². The normalized spacial score (nSPS) is 13.1. The van der Waals surface area contributed by atoms with Gasteiger partial charge in [0.15, 0.2) is 0 Å². The average Bonchev–Trinajstić information content (AvgIpc) is 2.58. The summed E-state index contributed by atoms with van der Waals surface area (Å²) in [6, 6.07) is 12.0. The van der Waals surface area contributed by atoms with Crippen LogP contribution in [0.15, 0.2) is 42.5 Å². The molecule has 1 aromatic heterocycles. The van der Waals surface area contributed by atoms with E-state index in [9.17, 15) is 13.2 Å². The van der Waals surface area contributed by atoms with E-state index in [4.69, 9.17) is 10.7 Å². The Labute approximate surface area is 172 Å². The molecule has 3 aromatic rings. The molecule has 1 heterocycles. The van der Waals surface area contributed by atoms with E-state index in [0.29, 0.717) is 27.5 Å². The van der Waals surface area contributed by atoms with Crippen molar-refractivity contribution >= 4 is 43.1 Å². The number of hydrogen-bond acceptors (Lipinski definition) is 2. The predicted molar refractivity (Wildman–Crippen MR) is 123 cm³/mol. The minimum absolute atomic E-state index is 0.329. The van der Waals surface area contributed by atoms with Crippen LogP contribution in [0.4, 0.5) is 18.9 Å². The second-order valence-corrected chi connectivity index (χ2v) is 19.6. The van der Waals surface area contributed by atoms with E-state index in [-0.39, 0.29) is 0 Å². The van der Waals surface area contributed by atoms with Crippen molar-refractivity contribution in [2.75, 3.05) is 5.73 Å². The predicted octanol–water partition coefficient (Wildman–Crippen LogP) is 5.59. The standard InChI is InChI=1S/C22H27F3N2Si2/c1-28(2,3)17-13-15(22(23,24)25)12-16-18(17)19(26)21(29(4,5)6)20(27-16)14-10-8-7-9-11-14/h7-13H,1-6H3,(H2,26,27). The lowest BCUT2D eigenvalue weighted by Gasteiger charge is -2.28. The lowest BCUT2D eigenvalue weighted by molar-refractivity contribution is -0.137. The highest BCUT2D eigenvalue weighted by Gasteiger charge is 2.35. The quantitative estimate of drug-likeness (QED) is 0.548. The van der Waals surface area contributed by atoms with Gasteiger partial charge in [-0.25, -0.2) is 4.98 Å². The van der Waals surface area contributed by atoms with Crippen LogP contribution < -0.4 is 16.1 Å². The molecular weight excluding hydrogens is 405 g/mol. The Hall–Kier alpha value is -2.13. The Morgan fingerprint density at radius 3 is 1.93 bits per heavy atom. The first-order valence-corrected chi connectivity index (χ1v) is 16.6. The Kier molecular flexibility index (Phi) is 5.20. The van der Waals surface area contributed by atoms with Gasteiger partial charge in [-0.15, -0.1) is 0 Å². The highest BCUT2D eigenvalue weighted by Crippen LogP contribution is 2.34. The van der Waals surface area contributed by atoms with Gasteiger partial charge in [0.1, 0.15) is 0 Å². The van der Waals surface area contributed by atoms with Crippen molar-refractivity contribution in [3.63, 3.8) is 0 Å². The summed E-state index contributed by atoms with van der Waals surface area (Å²) in [7, 11) is -4.07. The van der Waals surface area contributed by atoms with E-state index in [1.807, 2.05) is 50.0 Å². The van der Waals surface area contributed by atoms with Gasteiger partial charge >= 0.3 is 6.18 Å². The lowest BCUT2D eigenvalue weighted by Crippen LogP contribution is -2.44. The summed E-state index contributed by atoms with van der Waals surface area (Å²) in [4.78, 5) is 4.80. The number of nitrogen functional groups attached to an aromatic ring is 1. The molecule has 0 bridgehead atoms. The van der Waals surface area contributed by atoms with Crippen LogP contribution in [-0.4, -0.2) is 21.1 Å². The fourth-order valence-corrected chi connectivity index (χ4v) is 7.19. The fraction of sp³-hybridized carbons (Fsp3) is 0.318. The molecule has 29 heavy (non-hydrogen) atoms. The second kappa shape index (κ2) is 6.98. The lowest BCUT2D eigenvalue weighted by atomic mass is 10.1. The van der Waals surface area contributed by atoms with Crippen LogP contribution in [0.3, 0.4) is 0 Å². The number of anilines is 1. The smallest absolute Gasteiger partial charge is 0.398 e. The molecule has 0 unspecified atom stereocenters. The Morgan fingerprint density at radius 1 is 0.862 bits per heavy atom. The van der Waals surface area contributed by atoms with Gasteiger partial charge in [0.05, 0.1) is 32.9 Å². The molecule has 0 aliphatic heterocycles. The van der Waals surface area contributed by atoms with E-state index in [0.717, 1.165) is 16.8 Å². The molecular formula is C22H27F3N2Si2. The Morgan fingerprint density at radius 2 is 1.45 bits per heavy atom. The molecule has 7 heteroatoms. The summed E-state index contributed by atoms with van der Waals surface area (Å²) in [6.07, 6.45) is -4.43. The number of benzene rings is 2. The minimum Gasteiger partial charge on any atom is -0.398 e. The summed E-state index contributed by atoms with van der Waals surface area (Å²) in [5.74, 6) is 0. The van der Waals surface area contributed by atoms with Crippen LogP contribution in [0.25, 0.3) is 22.2 Å². The van der Waals surface area contributed by atoms with Crippen LogP contribution in [0, 0.1) is 0 Å². The maximum absolute atomic E-state index is 13.6. The molecule has 0 spiro atoms. The van der Waals surface area contributed by atoms with Gasteiger partial charge < -0.3 is 5.73 Å². The molecule has 0 aliphatic rings. The van der Waals surface area contributed by atoms with Crippen molar-refractivity contribution in [2.45, 2.75) is 45.5 Å². The van der Waals surface area contributed by atoms with E-state index in [1.54, 1.807) is 0 Å². The van der Waals surface area contributed by atoms with Crippen LogP contribution in [0.5, 0.6) is 0 Å². The fourth-order valence-electron chi connectivity index (χ4n) is 3.75. The molecule has 0 fully saturated rings. The maximum atomic E-state index is 13.6. The van der Waals surface area contributed by atoms with Gasteiger partial charge in [-0.2, -0.15) is 13.2 Å². The van der Waals surface area contributed by atoms with Crippen LogP contribution in [0.1, 0.15) is 5.56 Å². The van der Waals surface area contributed by atoms with Gasteiger partial charge in [0.2, 0.25) is 0 Å². The van der Waals surface area contributed by atoms with Crippen molar-refractivity contribution in [3.8, 4) is 11.3 Å². The van der Waals surface area contributed by atoms with Crippen LogP contribution in [-0.2, 0) is 6.18 Å². The third kappa shape index (κ3) is 4.11. The van der Waals surface area contributed by atoms with Gasteiger partial charge in [-0.05, 0) is 22.5 Å². The van der Waals surface area contributed by atoms with Gasteiger partial charge in [-0.3, -0.25) is 0 Å². The number of hydrogen-bond donors (Lipinski definition) is 1. The molecule has 0 amide bonds. The molecule has 0 saturated carbocycles. The molecule has 2 nitrogen and oxygen atoms in total. The molecule has 0 aliphatic carbocycles. The Balaban J connectivity index is 2.54. The SMILES string of the molecule is C[Si](C)(C)c1c(-c2ccccc2)nc2cc(C(F)(F)F)cc([Si](C)(C)C)c2c1N. The van der Waals surface area contributed by atoms with Crippen molar-refractivity contribution in [3.05, 3.63) is 48.0 Å². The number of nitrogens with zero attached hydrogens (tertiary/aromatic N) is 1. The number of pyridine rings is 1. The minimum atomic E-state index is -4.43. The molecule has 2 N–H and O–H groups in total. The topological polar surface area (TPSA) is 38.9 Å². The third-order valence-corrected chi connectivity index (χ3v) is 9.07. The number of nitrogens with two attached hydrogens (primary N) is 1. The van der Waals surface area contributed by atoms with Crippen molar-refractivity contribution in [1.82, 2.24) is 4.98 Å². The summed E-state index contributed by atoms with van der Waals surface area (Å²) in [6.45, 7) is 12.7. The Bertz CT molecular complexity index is 1060. The summed E-state index contributed by atoms with van der Waals surface area (Å²) >= 11 is 0. The van der Waals surface area contributed by atoms with Crippen LogP contribution >= 0.6 is 0 Å². The molecule has 0 saturated heterocycles. The number of fused-ring (bicyclic) bond motifs is 1. The number of alkyl halides is 3. The van der Waals surface area contributed by atoms with E-state index < -0.39 is 27.9 Å². The van der Waals surface area contributed by atoms with Crippen molar-refractivity contribution in [1.29, 1.82) is 0 Å². The molecule has 0 radical (unpaired) electrons. The largest absolute Gasteiger partial charge is 0.416 e. The molecule has 3 rings (SSSR count). The number of aromatic nitrogens is 1.